The molecule has 0 aliphatic carbocycles. The molecule has 3 aromatic heterocycles. The fraction of sp³-hybridized carbons (Fsp3) is 0.200. The summed E-state index contributed by atoms with van der Waals surface area (Å²) in [4.78, 5) is 25.8. The van der Waals surface area contributed by atoms with Crippen LogP contribution < -0.4 is 0 Å². The van der Waals surface area contributed by atoms with Crippen molar-refractivity contribution < 1.29 is 9.90 Å². The second-order valence-corrected chi connectivity index (χ2v) is 8.87. The van der Waals surface area contributed by atoms with Gasteiger partial charge < -0.3 is 9.67 Å². The topological polar surface area (TPSA) is 80.9 Å². The second kappa shape index (κ2) is 8.16. The Kier molecular flexibility index (Phi) is 5.19. The minimum atomic E-state index is -0.946. The Morgan fingerprint density at radius 2 is 1.97 bits per heavy atom. The molecule has 5 aromatic rings. The monoisotopic (exact) mass is 442 g/mol. The average molecular weight is 443 g/mol. The first-order chi connectivity index (χ1) is 15.5. The van der Waals surface area contributed by atoms with Gasteiger partial charge in [-0.05, 0) is 48.7 Å². The maximum absolute atomic E-state index is 11.6. The maximum atomic E-state index is 11.6. The zero-order valence-corrected chi connectivity index (χ0v) is 18.7. The van der Waals surface area contributed by atoms with E-state index >= 15 is 0 Å². The predicted molar refractivity (Wildman–Crippen MR) is 127 cm³/mol. The summed E-state index contributed by atoms with van der Waals surface area (Å²) in [5, 5.41) is 10.2. The first-order valence-electron chi connectivity index (χ1n) is 10.6. The zero-order valence-electron chi connectivity index (χ0n) is 17.9. The Labute approximate surface area is 189 Å². The lowest BCUT2D eigenvalue weighted by molar-refractivity contribution is 0.0697. The Morgan fingerprint density at radius 3 is 2.78 bits per heavy atom. The third kappa shape index (κ3) is 3.54. The van der Waals surface area contributed by atoms with E-state index in [0.29, 0.717) is 17.1 Å². The number of nitrogens with zero attached hydrogens (tertiary/aromatic N) is 4. The summed E-state index contributed by atoms with van der Waals surface area (Å²) in [7, 11) is 0. The summed E-state index contributed by atoms with van der Waals surface area (Å²) in [6.45, 7) is 4.90. The van der Waals surface area contributed by atoms with Crippen molar-refractivity contribution in [2.75, 3.05) is 0 Å². The van der Waals surface area contributed by atoms with Crippen molar-refractivity contribution in [1.29, 1.82) is 0 Å². The molecule has 3 heterocycles. The van der Waals surface area contributed by atoms with E-state index in [2.05, 4.69) is 35.5 Å². The molecule has 2 aromatic carbocycles. The van der Waals surface area contributed by atoms with Gasteiger partial charge in [0, 0.05) is 18.2 Å². The number of benzene rings is 2. The largest absolute Gasteiger partial charge is 0.478 e. The molecule has 0 atom stereocenters. The van der Waals surface area contributed by atoms with Crippen molar-refractivity contribution in [3.63, 3.8) is 0 Å². The molecule has 0 fully saturated rings. The zero-order chi connectivity index (χ0) is 22.2. The highest BCUT2D eigenvalue weighted by atomic mass is 32.1. The van der Waals surface area contributed by atoms with Gasteiger partial charge in [0.25, 0.3) is 0 Å². The van der Waals surface area contributed by atoms with Crippen molar-refractivity contribution in [1.82, 2.24) is 19.5 Å². The quantitative estimate of drug-likeness (QED) is 0.364. The van der Waals surface area contributed by atoms with Crippen LogP contribution >= 0.6 is 11.3 Å². The highest BCUT2D eigenvalue weighted by Crippen LogP contribution is 2.33. The lowest BCUT2D eigenvalue weighted by Crippen LogP contribution is -2.05. The standard InChI is InChI=1S/C25H22N4O2S/c1-3-6-21-28-22-15(2)11-12-26-23(22)29(21)14-16-9-10-19-20(13-16)32-24(27-19)17-7-4-5-8-18(17)25(30)31/h4-5,7-13H,3,6,14H2,1-2H3,(H,30,31). The first kappa shape index (κ1) is 20.3. The van der Waals surface area contributed by atoms with E-state index in [-0.39, 0.29) is 5.56 Å². The Balaban J connectivity index is 1.56. The third-order valence-electron chi connectivity index (χ3n) is 5.57. The lowest BCUT2D eigenvalue weighted by atomic mass is 10.1. The van der Waals surface area contributed by atoms with Crippen molar-refractivity contribution >= 4 is 38.7 Å². The van der Waals surface area contributed by atoms with E-state index in [1.165, 1.54) is 11.3 Å². The summed E-state index contributed by atoms with van der Waals surface area (Å²) in [5.41, 5.74) is 5.92. The van der Waals surface area contributed by atoms with E-state index in [9.17, 15) is 9.90 Å². The van der Waals surface area contributed by atoms with Gasteiger partial charge in [0.2, 0.25) is 0 Å². The van der Waals surface area contributed by atoms with E-state index in [4.69, 9.17) is 9.97 Å². The van der Waals surface area contributed by atoms with Gasteiger partial charge in [-0.3, -0.25) is 0 Å². The summed E-state index contributed by atoms with van der Waals surface area (Å²) >= 11 is 1.51. The molecule has 0 saturated carbocycles. The van der Waals surface area contributed by atoms with E-state index in [0.717, 1.165) is 51.2 Å². The predicted octanol–water partition coefficient (Wildman–Crippen LogP) is 5.72. The fourth-order valence-corrected chi connectivity index (χ4v) is 5.05. The van der Waals surface area contributed by atoms with E-state index < -0.39 is 5.97 Å². The number of rotatable bonds is 6. The summed E-state index contributed by atoms with van der Waals surface area (Å²) in [6.07, 6.45) is 3.75. The van der Waals surface area contributed by atoms with E-state index in [1.807, 2.05) is 30.5 Å². The maximum Gasteiger partial charge on any atom is 0.336 e. The number of aromatic nitrogens is 4. The molecule has 7 heteroatoms. The Morgan fingerprint density at radius 1 is 1.12 bits per heavy atom. The molecule has 0 amide bonds. The number of carboxylic acids is 1. The SMILES string of the molecule is CCCc1nc2c(C)ccnc2n1Cc1ccc2nc(-c3ccccc3C(=O)O)sc2c1. The summed E-state index contributed by atoms with van der Waals surface area (Å²) < 4.78 is 3.23. The summed E-state index contributed by atoms with van der Waals surface area (Å²) in [6, 6.07) is 15.2. The molecule has 32 heavy (non-hydrogen) atoms. The molecule has 0 aliphatic heterocycles. The molecule has 6 nitrogen and oxygen atoms in total. The fourth-order valence-electron chi connectivity index (χ4n) is 3.99. The molecule has 0 unspecified atom stereocenters. The smallest absolute Gasteiger partial charge is 0.336 e. The summed E-state index contributed by atoms with van der Waals surface area (Å²) in [5.74, 6) is 0.101. The first-order valence-corrected chi connectivity index (χ1v) is 11.4. The van der Waals surface area contributed by atoms with Crippen LogP contribution in [0.3, 0.4) is 0 Å². The number of hydrogen-bond acceptors (Lipinski definition) is 5. The number of pyridine rings is 1. The number of hydrogen-bond donors (Lipinski definition) is 1. The van der Waals surface area contributed by atoms with Gasteiger partial charge in [-0.25, -0.2) is 19.7 Å². The highest BCUT2D eigenvalue weighted by molar-refractivity contribution is 7.21. The van der Waals surface area contributed by atoms with Crippen molar-refractivity contribution in [2.24, 2.45) is 0 Å². The van der Waals surface area contributed by atoms with Crippen LogP contribution in [-0.4, -0.2) is 30.6 Å². The number of carbonyl (C=O) groups is 1. The number of fused-ring (bicyclic) bond motifs is 2. The third-order valence-corrected chi connectivity index (χ3v) is 6.62. The molecule has 0 spiro atoms. The number of carboxylic acid groups (broad SMARTS) is 1. The average Bonchev–Trinajstić information content (AvgIpc) is 3.36. The minimum absolute atomic E-state index is 0.266. The van der Waals surface area contributed by atoms with Crippen LogP contribution in [0.1, 0.15) is 40.7 Å². The minimum Gasteiger partial charge on any atom is -0.478 e. The van der Waals surface area contributed by atoms with Gasteiger partial charge in [0.05, 0.1) is 22.3 Å². The van der Waals surface area contributed by atoms with Crippen LogP contribution in [0, 0.1) is 6.92 Å². The molecule has 160 valence electrons. The van der Waals surface area contributed by atoms with Crippen molar-refractivity contribution in [3.8, 4) is 10.6 Å². The molecule has 0 bridgehead atoms. The van der Waals surface area contributed by atoms with Crippen LogP contribution in [-0.2, 0) is 13.0 Å². The van der Waals surface area contributed by atoms with Crippen molar-refractivity contribution in [3.05, 3.63) is 77.2 Å². The van der Waals surface area contributed by atoms with Crippen LogP contribution in [0.2, 0.25) is 0 Å². The normalized spacial score (nSPS) is 11.4. The molecular weight excluding hydrogens is 420 g/mol. The number of aromatic carboxylic acids is 1. The van der Waals surface area contributed by atoms with E-state index in [1.54, 1.807) is 12.1 Å². The number of aryl methyl sites for hydroxylation is 2. The second-order valence-electron chi connectivity index (χ2n) is 7.84. The van der Waals surface area contributed by atoms with Crippen LogP contribution in [0.4, 0.5) is 0 Å². The van der Waals surface area contributed by atoms with Gasteiger partial charge >= 0.3 is 5.97 Å². The van der Waals surface area contributed by atoms with Crippen LogP contribution in [0.5, 0.6) is 0 Å². The molecule has 0 radical (unpaired) electrons. The molecule has 0 saturated heterocycles. The lowest BCUT2D eigenvalue weighted by Gasteiger charge is -2.08. The molecule has 5 rings (SSSR count). The van der Waals surface area contributed by atoms with Gasteiger partial charge in [0.15, 0.2) is 5.65 Å². The van der Waals surface area contributed by atoms with Gasteiger partial charge in [-0.15, -0.1) is 11.3 Å². The highest BCUT2D eigenvalue weighted by Gasteiger charge is 2.16. The molecule has 0 aliphatic rings. The van der Waals surface area contributed by atoms with Crippen molar-refractivity contribution in [2.45, 2.75) is 33.2 Å². The van der Waals surface area contributed by atoms with Gasteiger partial charge in [-0.2, -0.15) is 0 Å². The number of thiazole rings is 1. The van der Waals surface area contributed by atoms with Crippen LogP contribution in [0.15, 0.2) is 54.7 Å². The Hall–Kier alpha value is -3.58. The molecular formula is C25H22N4O2S. The van der Waals surface area contributed by atoms with Crippen LogP contribution in [0.25, 0.3) is 32.0 Å². The van der Waals surface area contributed by atoms with Gasteiger partial charge in [-0.1, -0.05) is 31.2 Å². The molecule has 1 N–H and O–H groups in total. The van der Waals surface area contributed by atoms with Gasteiger partial charge in [0.1, 0.15) is 16.3 Å². The number of imidazole rings is 1. The Bertz CT molecular complexity index is 1470.